The molecule has 0 bridgehead atoms. The van der Waals surface area contributed by atoms with Gasteiger partial charge in [0, 0.05) is 29.2 Å². The first-order valence-electron chi connectivity index (χ1n) is 4.95. The number of hydrogen-bond donors (Lipinski definition) is 3. The molecule has 6 nitrogen and oxygen atoms in total. The van der Waals surface area contributed by atoms with Crippen LogP contribution >= 0.6 is 11.6 Å². The minimum absolute atomic E-state index is 0.0661. The lowest BCUT2D eigenvalue weighted by Gasteiger charge is -2.11. The van der Waals surface area contributed by atoms with Gasteiger partial charge in [0.15, 0.2) is 5.75 Å². The molecule has 0 aliphatic rings. The Kier molecular flexibility index (Phi) is 4.68. The summed E-state index contributed by atoms with van der Waals surface area (Å²) in [5.41, 5.74) is -0.101. The molecule has 1 aromatic carbocycles. The van der Waals surface area contributed by atoms with E-state index in [2.05, 4.69) is 5.32 Å². The fraction of sp³-hybridized carbons (Fsp3) is 0.400. The maximum atomic E-state index is 10.6. The minimum atomic E-state index is -0.694. The van der Waals surface area contributed by atoms with E-state index in [9.17, 15) is 15.2 Å². The van der Waals surface area contributed by atoms with Crippen LogP contribution in [0.3, 0.4) is 0 Å². The van der Waals surface area contributed by atoms with Crippen LogP contribution in [0, 0.1) is 10.1 Å². The quantitative estimate of drug-likeness (QED) is 0.550. The summed E-state index contributed by atoms with van der Waals surface area (Å²) in [4.78, 5) is 9.95. The molecule has 0 heterocycles. The zero-order chi connectivity index (χ0) is 13.0. The maximum absolute atomic E-state index is 10.6. The summed E-state index contributed by atoms with van der Waals surface area (Å²) in [6.45, 7) is 1.87. The Balaban J connectivity index is 2.95. The van der Waals surface area contributed by atoms with Crippen molar-refractivity contribution in [3.63, 3.8) is 0 Å². The zero-order valence-electron chi connectivity index (χ0n) is 9.18. The number of rotatable bonds is 5. The van der Waals surface area contributed by atoms with Crippen LogP contribution < -0.4 is 5.32 Å². The summed E-state index contributed by atoms with van der Waals surface area (Å²) in [7, 11) is 0. The Labute approximate surface area is 103 Å². The number of phenols is 1. The van der Waals surface area contributed by atoms with Crippen molar-refractivity contribution in [3.8, 4) is 5.75 Å². The number of phenolic OH excluding ortho intramolecular Hbond substituents is 1. The lowest BCUT2D eigenvalue weighted by Crippen LogP contribution is -2.28. The molecule has 1 aromatic rings. The molecule has 0 saturated carbocycles. The Morgan fingerprint density at radius 1 is 1.59 bits per heavy atom. The molecular weight excluding hydrogens is 248 g/mol. The van der Waals surface area contributed by atoms with Gasteiger partial charge in [0.1, 0.15) is 0 Å². The van der Waals surface area contributed by atoms with E-state index in [1.165, 1.54) is 6.07 Å². The number of hydrogen-bond acceptors (Lipinski definition) is 5. The molecule has 0 spiro atoms. The first-order valence-corrected chi connectivity index (χ1v) is 5.33. The van der Waals surface area contributed by atoms with Crippen LogP contribution in [0.4, 0.5) is 5.69 Å². The topological polar surface area (TPSA) is 95.6 Å². The highest BCUT2D eigenvalue weighted by Gasteiger charge is 2.18. The van der Waals surface area contributed by atoms with Crippen LogP contribution in [0.15, 0.2) is 12.1 Å². The standard InChI is InChI=1S/C10H13ClN2O4/c1-6(5-14)12-4-7-2-8(11)3-9(10(7)15)13(16)17/h2-3,6,12,14-15H,4-5H2,1H3/t6-/m1/s1. The van der Waals surface area contributed by atoms with E-state index in [4.69, 9.17) is 16.7 Å². The number of nitro groups is 1. The molecule has 1 rings (SSSR count). The number of nitro benzene ring substituents is 1. The van der Waals surface area contributed by atoms with Crippen molar-refractivity contribution in [1.29, 1.82) is 0 Å². The van der Waals surface area contributed by atoms with Gasteiger partial charge >= 0.3 is 5.69 Å². The monoisotopic (exact) mass is 260 g/mol. The molecule has 7 heteroatoms. The van der Waals surface area contributed by atoms with Gasteiger partial charge in [-0.3, -0.25) is 10.1 Å². The lowest BCUT2D eigenvalue weighted by molar-refractivity contribution is -0.385. The van der Waals surface area contributed by atoms with E-state index < -0.39 is 16.4 Å². The molecule has 1 atom stereocenters. The van der Waals surface area contributed by atoms with E-state index in [1.807, 2.05) is 0 Å². The highest BCUT2D eigenvalue weighted by Crippen LogP contribution is 2.33. The third-order valence-corrected chi connectivity index (χ3v) is 2.46. The number of nitrogens with zero attached hydrogens (tertiary/aromatic N) is 1. The van der Waals surface area contributed by atoms with Crippen molar-refractivity contribution in [1.82, 2.24) is 5.32 Å². The van der Waals surface area contributed by atoms with Gasteiger partial charge in [-0.05, 0) is 13.0 Å². The zero-order valence-corrected chi connectivity index (χ0v) is 9.94. The van der Waals surface area contributed by atoms with Crippen molar-refractivity contribution < 1.29 is 15.1 Å². The smallest absolute Gasteiger partial charge is 0.312 e. The van der Waals surface area contributed by atoms with Crippen molar-refractivity contribution in [3.05, 3.63) is 32.8 Å². The second-order valence-corrected chi connectivity index (χ2v) is 4.09. The van der Waals surface area contributed by atoms with E-state index >= 15 is 0 Å². The van der Waals surface area contributed by atoms with Crippen molar-refractivity contribution in [2.45, 2.75) is 19.5 Å². The fourth-order valence-corrected chi connectivity index (χ4v) is 1.50. The molecule has 17 heavy (non-hydrogen) atoms. The van der Waals surface area contributed by atoms with E-state index in [0.717, 1.165) is 6.07 Å². The number of aliphatic hydroxyl groups is 1. The van der Waals surface area contributed by atoms with Crippen LogP contribution in [0.2, 0.25) is 5.02 Å². The number of nitrogens with one attached hydrogen (secondary N) is 1. The van der Waals surface area contributed by atoms with Crippen molar-refractivity contribution in [2.75, 3.05) is 6.61 Å². The summed E-state index contributed by atoms with van der Waals surface area (Å²) >= 11 is 5.72. The predicted molar refractivity (Wildman–Crippen MR) is 63.2 cm³/mol. The second-order valence-electron chi connectivity index (χ2n) is 3.65. The third-order valence-electron chi connectivity index (χ3n) is 2.25. The van der Waals surface area contributed by atoms with Crippen molar-refractivity contribution >= 4 is 17.3 Å². The largest absolute Gasteiger partial charge is 0.502 e. The Morgan fingerprint density at radius 2 is 2.24 bits per heavy atom. The van der Waals surface area contributed by atoms with E-state index in [1.54, 1.807) is 6.92 Å². The van der Waals surface area contributed by atoms with Gasteiger partial charge in [-0.1, -0.05) is 11.6 Å². The molecule has 94 valence electrons. The number of aromatic hydroxyl groups is 1. The molecule has 0 saturated heterocycles. The van der Waals surface area contributed by atoms with Gasteiger partial charge in [0.25, 0.3) is 0 Å². The van der Waals surface area contributed by atoms with Gasteiger partial charge < -0.3 is 15.5 Å². The number of halogens is 1. The predicted octanol–water partition coefficient (Wildman–Crippen LogP) is 1.42. The molecule has 0 aliphatic heterocycles. The average molecular weight is 261 g/mol. The van der Waals surface area contributed by atoms with Crippen LogP contribution in [0.25, 0.3) is 0 Å². The van der Waals surface area contributed by atoms with Gasteiger partial charge in [-0.2, -0.15) is 0 Å². The molecule has 0 fully saturated rings. The summed E-state index contributed by atoms with van der Waals surface area (Å²) in [6, 6.07) is 2.36. The van der Waals surface area contributed by atoms with E-state index in [-0.39, 0.29) is 24.2 Å². The van der Waals surface area contributed by atoms with E-state index in [0.29, 0.717) is 5.56 Å². The van der Waals surface area contributed by atoms with Crippen LogP contribution in [-0.2, 0) is 6.54 Å². The maximum Gasteiger partial charge on any atom is 0.312 e. The summed E-state index contributed by atoms with van der Waals surface area (Å²) in [5, 5.41) is 32.2. The summed E-state index contributed by atoms with van der Waals surface area (Å²) in [6.07, 6.45) is 0. The van der Waals surface area contributed by atoms with Crippen molar-refractivity contribution in [2.24, 2.45) is 0 Å². The Morgan fingerprint density at radius 3 is 2.76 bits per heavy atom. The highest BCUT2D eigenvalue weighted by atomic mass is 35.5. The Bertz CT molecular complexity index is 425. The molecule has 3 N–H and O–H groups in total. The fourth-order valence-electron chi connectivity index (χ4n) is 1.26. The van der Waals surface area contributed by atoms with Gasteiger partial charge in [0.2, 0.25) is 0 Å². The highest BCUT2D eigenvalue weighted by molar-refractivity contribution is 6.31. The van der Waals surface area contributed by atoms with Crippen LogP contribution in [0.1, 0.15) is 12.5 Å². The SMILES string of the molecule is C[C@H](CO)NCc1cc(Cl)cc([N+](=O)[O-])c1O. The van der Waals surface area contributed by atoms with Gasteiger partial charge in [0.05, 0.1) is 11.5 Å². The first-order chi connectivity index (χ1) is 7.95. The number of aliphatic hydroxyl groups excluding tert-OH is 1. The summed E-state index contributed by atoms with van der Waals surface area (Å²) in [5.74, 6) is -0.406. The normalized spacial score (nSPS) is 12.4. The summed E-state index contributed by atoms with van der Waals surface area (Å²) < 4.78 is 0. The van der Waals surface area contributed by atoms with Crippen LogP contribution in [0.5, 0.6) is 5.75 Å². The Hall–Kier alpha value is -1.37. The molecular formula is C10H13ClN2O4. The first kappa shape index (κ1) is 13.7. The number of benzene rings is 1. The molecule has 0 amide bonds. The lowest BCUT2D eigenvalue weighted by atomic mass is 10.1. The second kappa shape index (κ2) is 5.81. The van der Waals surface area contributed by atoms with Gasteiger partial charge in [-0.15, -0.1) is 0 Å². The average Bonchev–Trinajstić information content (AvgIpc) is 2.28. The third kappa shape index (κ3) is 3.55. The van der Waals surface area contributed by atoms with Gasteiger partial charge in [-0.25, -0.2) is 0 Å². The minimum Gasteiger partial charge on any atom is -0.502 e. The van der Waals surface area contributed by atoms with Crippen LogP contribution in [-0.4, -0.2) is 27.8 Å². The molecule has 0 aliphatic carbocycles. The molecule has 0 unspecified atom stereocenters. The molecule has 0 aromatic heterocycles. The molecule has 0 radical (unpaired) electrons.